The highest BCUT2D eigenvalue weighted by atomic mass is 19.1. The summed E-state index contributed by atoms with van der Waals surface area (Å²) in [7, 11) is 0. The summed E-state index contributed by atoms with van der Waals surface area (Å²) in [5.41, 5.74) is 5.40. The number of piperidine rings is 1. The average molecular weight is 174 g/mol. The Labute approximate surface area is 71.7 Å². The van der Waals surface area contributed by atoms with E-state index >= 15 is 0 Å². The van der Waals surface area contributed by atoms with E-state index in [-0.39, 0.29) is 12.5 Å². The van der Waals surface area contributed by atoms with E-state index in [9.17, 15) is 9.18 Å². The van der Waals surface area contributed by atoms with E-state index in [0.717, 1.165) is 6.42 Å². The highest BCUT2D eigenvalue weighted by molar-refractivity contribution is 5.81. The van der Waals surface area contributed by atoms with Gasteiger partial charge in [0.15, 0.2) is 0 Å². The fourth-order valence-corrected chi connectivity index (χ4v) is 1.41. The largest absolute Gasteiger partial charge is 0.338 e. The van der Waals surface area contributed by atoms with Crippen LogP contribution in [0.1, 0.15) is 19.8 Å². The number of nitrogens with zero attached hydrogens (tertiary/aromatic N) is 1. The molecule has 1 fully saturated rings. The molecule has 1 amide bonds. The third-order valence-corrected chi connectivity index (χ3v) is 2.07. The molecule has 0 spiro atoms. The van der Waals surface area contributed by atoms with E-state index in [1.807, 2.05) is 0 Å². The number of carbonyl (C=O) groups is 1. The summed E-state index contributed by atoms with van der Waals surface area (Å²) in [5, 5.41) is 0. The monoisotopic (exact) mass is 174 g/mol. The van der Waals surface area contributed by atoms with Gasteiger partial charge in [0.2, 0.25) is 5.91 Å². The van der Waals surface area contributed by atoms with Crippen molar-refractivity contribution in [2.24, 2.45) is 5.73 Å². The molecule has 1 heterocycles. The van der Waals surface area contributed by atoms with E-state index in [4.69, 9.17) is 5.73 Å². The molecule has 1 rings (SSSR count). The van der Waals surface area contributed by atoms with Crippen LogP contribution in [0, 0.1) is 0 Å². The van der Waals surface area contributed by atoms with E-state index < -0.39 is 12.2 Å². The van der Waals surface area contributed by atoms with Crippen molar-refractivity contribution >= 4 is 5.91 Å². The summed E-state index contributed by atoms with van der Waals surface area (Å²) < 4.78 is 12.8. The van der Waals surface area contributed by atoms with Gasteiger partial charge in [-0.05, 0) is 19.8 Å². The van der Waals surface area contributed by atoms with Gasteiger partial charge in [0.05, 0.1) is 12.6 Å². The summed E-state index contributed by atoms with van der Waals surface area (Å²) >= 11 is 0. The van der Waals surface area contributed by atoms with Gasteiger partial charge in [-0.2, -0.15) is 0 Å². The van der Waals surface area contributed by atoms with Crippen LogP contribution < -0.4 is 5.73 Å². The molecule has 0 aliphatic carbocycles. The molecular formula is C8H15FN2O. The first kappa shape index (κ1) is 9.45. The molecule has 12 heavy (non-hydrogen) atoms. The first-order valence-corrected chi connectivity index (χ1v) is 4.29. The van der Waals surface area contributed by atoms with Gasteiger partial charge in [0.1, 0.15) is 6.17 Å². The fraction of sp³-hybridized carbons (Fsp3) is 0.875. The van der Waals surface area contributed by atoms with Crippen LogP contribution in [0.2, 0.25) is 0 Å². The van der Waals surface area contributed by atoms with Crippen LogP contribution in [-0.4, -0.2) is 36.1 Å². The molecule has 70 valence electrons. The Morgan fingerprint density at radius 3 is 2.92 bits per heavy atom. The number of nitrogens with two attached hydrogens (primary N) is 1. The standard InChI is InChI=1S/C8H15FN2O/c1-6(10)8(12)11-4-2-3-7(9)5-11/h6-7H,2-5,10H2,1H3/t6-,7+/m1/s1. The Bertz CT molecular complexity index is 172. The lowest BCUT2D eigenvalue weighted by atomic mass is 10.1. The molecule has 4 heteroatoms. The Morgan fingerprint density at radius 2 is 2.42 bits per heavy atom. The molecule has 0 bridgehead atoms. The van der Waals surface area contributed by atoms with Crippen molar-refractivity contribution in [2.75, 3.05) is 13.1 Å². The summed E-state index contributed by atoms with van der Waals surface area (Å²) in [5.74, 6) is -0.141. The minimum absolute atomic E-state index is 0.141. The highest BCUT2D eigenvalue weighted by Crippen LogP contribution is 2.13. The first-order chi connectivity index (χ1) is 5.61. The Morgan fingerprint density at radius 1 is 1.75 bits per heavy atom. The molecule has 1 saturated heterocycles. The van der Waals surface area contributed by atoms with Gasteiger partial charge in [0.25, 0.3) is 0 Å². The predicted molar refractivity (Wildman–Crippen MR) is 44.4 cm³/mol. The molecule has 0 aromatic carbocycles. The van der Waals surface area contributed by atoms with Crippen molar-refractivity contribution in [1.29, 1.82) is 0 Å². The zero-order valence-corrected chi connectivity index (χ0v) is 7.29. The molecule has 0 unspecified atom stereocenters. The maximum absolute atomic E-state index is 12.8. The van der Waals surface area contributed by atoms with Gasteiger partial charge in [-0.3, -0.25) is 4.79 Å². The van der Waals surface area contributed by atoms with Crippen LogP contribution in [0.5, 0.6) is 0 Å². The highest BCUT2D eigenvalue weighted by Gasteiger charge is 2.24. The van der Waals surface area contributed by atoms with Crippen molar-refractivity contribution in [1.82, 2.24) is 4.90 Å². The lowest BCUT2D eigenvalue weighted by Crippen LogP contribution is -2.47. The molecule has 1 aliphatic heterocycles. The quantitative estimate of drug-likeness (QED) is 0.621. The topological polar surface area (TPSA) is 46.3 Å². The normalized spacial score (nSPS) is 26.9. The summed E-state index contributed by atoms with van der Waals surface area (Å²) in [6.07, 6.45) is 0.462. The Kier molecular flexibility index (Phi) is 3.03. The lowest BCUT2D eigenvalue weighted by Gasteiger charge is -2.30. The van der Waals surface area contributed by atoms with Gasteiger partial charge in [-0.25, -0.2) is 4.39 Å². The second-order valence-electron chi connectivity index (χ2n) is 3.31. The number of hydrogen-bond donors (Lipinski definition) is 1. The summed E-state index contributed by atoms with van der Waals surface area (Å²) in [6, 6.07) is -0.504. The first-order valence-electron chi connectivity index (χ1n) is 4.29. The number of rotatable bonds is 1. The van der Waals surface area contributed by atoms with Crippen LogP contribution in [-0.2, 0) is 4.79 Å². The molecule has 2 N–H and O–H groups in total. The van der Waals surface area contributed by atoms with Crippen LogP contribution in [0.4, 0.5) is 4.39 Å². The van der Waals surface area contributed by atoms with Crippen molar-refractivity contribution in [3.05, 3.63) is 0 Å². The Hall–Kier alpha value is -0.640. The van der Waals surface area contributed by atoms with Crippen molar-refractivity contribution < 1.29 is 9.18 Å². The number of amides is 1. The maximum Gasteiger partial charge on any atom is 0.239 e. The number of carbonyl (C=O) groups excluding carboxylic acids is 1. The molecule has 2 atom stereocenters. The molecule has 0 aromatic heterocycles. The van der Waals surface area contributed by atoms with E-state index in [2.05, 4.69) is 0 Å². The smallest absolute Gasteiger partial charge is 0.239 e. The van der Waals surface area contributed by atoms with Gasteiger partial charge in [-0.1, -0.05) is 0 Å². The molecular weight excluding hydrogens is 159 g/mol. The number of hydrogen-bond acceptors (Lipinski definition) is 2. The van der Waals surface area contributed by atoms with Crippen LogP contribution in [0.3, 0.4) is 0 Å². The molecule has 3 nitrogen and oxygen atoms in total. The van der Waals surface area contributed by atoms with Gasteiger partial charge < -0.3 is 10.6 Å². The van der Waals surface area contributed by atoms with Gasteiger partial charge in [0, 0.05) is 6.54 Å². The zero-order valence-electron chi connectivity index (χ0n) is 7.29. The number of alkyl halides is 1. The van der Waals surface area contributed by atoms with Crippen LogP contribution >= 0.6 is 0 Å². The molecule has 0 radical (unpaired) electrons. The van der Waals surface area contributed by atoms with Crippen molar-refractivity contribution in [3.8, 4) is 0 Å². The van der Waals surface area contributed by atoms with Crippen LogP contribution in [0.15, 0.2) is 0 Å². The number of halogens is 1. The molecule has 1 aliphatic rings. The molecule has 0 saturated carbocycles. The zero-order chi connectivity index (χ0) is 9.14. The van der Waals surface area contributed by atoms with E-state index in [1.54, 1.807) is 6.92 Å². The van der Waals surface area contributed by atoms with Crippen molar-refractivity contribution in [2.45, 2.75) is 32.0 Å². The minimum Gasteiger partial charge on any atom is -0.338 e. The predicted octanol–water partition coefficient (Wildman–Crippen LogP) is 0.294. The van der Waals surface area contributed by atoms with E-state index in [0.29, 0.717) is 13.0 Å². The van der Waals surface area contributed by atoms with Gasteiger partial charge >= 0.3 is 0 Å². The summed E-state index contributed by atoms with van der Waals surface area (Å²) in [6.45, 7) is 2.51. The maximum atomic E-state index is 12.8. The fourth-order valence-electron chi connectivity index (χ4n) is 1.41. The van der Waals surface area contributed by atoms with E-state index in [1.165, 1.54) is 4.90 Å². The minimum atomic E-state index is -0.860. The number of likely N-dealkylation sites (tertiary alicyclic amines) is 1. The average Bonchev–Trinajstić information content (AvgIpc) is 2.03. The second-order valence-corrected chi connectivity index (χ2v) is 3.31. The summed E-state index contributed by atoms with van der Waals surface area (Å²) in [4.78, 5) is 12.8. The third-order valence-electron chi connectivity index (χ3n) is 2.07. The lowest BCUT2D eigenvalue weighted by molar-refractivity contribution is -0.134. The van der Waals surface area contributed by atoms with Gasteiger partial charge in [-0.15, -0.1) is 0 Å². The van der Waals surface area contributed by atoms with Crippen LogP contribution in [0.25, 0.3) is 0 Å². The third kappa shape index (κ3) is 2.17. The second kappa shape index (κ2) is 3.85. The van der Waals surface area contributed by atoms with Crippen molar-refractivity contribution in [3.63, 3.8) is 0 Å². The Balaban J connectivity index is 2.46. The SMILES string of the molecule is C[C@@H](N)C(=O)N1CCC[C@H](F)C1. The molecule has 0 aromatic rings.